The number of hydrogen-bond donors (Lipinski definition) is 0. The first-order valence-electron chi connectivity index (χ1n) is 6.28. The zero-order chi connectivity index (χ0) is 15.6. The molecule has 0 spiro atoms. The van der Waals surface area contributed by atoms with Crippen molar-refractivity contribution in [3.63, 3.8) is 0 Å². The fraction of sp³-hybridized carbons (Fsp3) is 0.462. The normalized spacial score (nSPS) is 12.3. The summed E-state index contributed by atoms with van der Waals surface area (Å²) in [5.74, 6) is 0.298. The van der Waals surface area contributed by atoms with Crippen LogP contribution in [0.1, 0.15) is 25.1 Å². The Morgan fingerprint density at radius 3 is 2.57 bits per heavy atom. The Kier molecular flexibility index (Phi) is 5.34. The Morgan fingerprint density at radius 1 is 1.24 bits per heavy atom. The van der Waals surface area contributed by atoms with E-state index in [1.54, 1.807) is 10.6 Å². The lowest BCUT2D eigenvalue weighted by atomic mass is 10.2. The first-order valence-corrected chi connectivity index (χ1v) is 7.90. The number of aromatic nitrogens is 2. The van der Waals surface area contributed by atoms with Gasteiger partial charge in [-0.25, -0.2) is 9.37 Å². The van der Waals surface area contributed by atoms with Crippen LogP contribution in [0.25, 0.3) is 11.0 Å². The first-order chi connectivity index (χ1) is 9.81. The molecular formula is C13H12ClF4IN2. The number of nitrogens with zero attached hydrogens (tertiary/aromatic N) is 2. The van der Waals surface area contributed by atoms with Crippen LogP contribution in [-0.2, 0) is 12.4 Å². The summed E-state index contributed by atoms with van der Waals surface area (Å²) in [4.78, 5) is 4.30. The van der Waals surface area contributed by atoms with E-state index in [4.69, 9.17) is 11.6 Å². The maximum Gasteiger partial charge on any atom is 0.389 e. The monoisotopic (exact) mass is 434 g/mol. The molecule has 8 heteroatoms. The quantitative estimate of drug-likeness (QED) is 0.272. The zero-order valence-electron chi connectivity index (χ0n) is 10.9. The van der Waals surface area contributed by atoms with E-state index >= 15 is 0 Å². The van der Waals surface area contributed by atoms with Crippen LogP contribution in [0, 0.1) is 9.39 Å². The largest absolute Gasteiger partial charge is 0.389 e. The molecule has 0 unspecified atom stereocenters. The number of fused-ring (bicyclic) bond motifs is 1. The number of hydrogen-bond acceptors (Lipinski definition) is 1. The fourth-order valence-electron chi connectivity index (χ4n) is 2.12. The molecule has 0 radical (unpaired) electrons. The van der Waals surface area contributed by atoms with Crippen LogP contribution in [0.2, 0.25) is 0 Å². The molecule has 2 rings (SSSR count). The SMILES string of the molecule is Fc1cc2c(cc1I)nc(CCl)n2CCCCC(F)(F)F. The molecule has 1 aromatic carbocycles. The van der Waals surface area contributed by atoms with E-state index < -0.39 is 12.6 Å². The molecule has 21 heavy (non-hydrogen) atoms. The third-order valence-electron chi connectivity index (χ3n) is 3.08. The molecule has 1 aromatic heterocycles. The van der Waals surface area contributed by atoms with Gasteiger partial charge in [0, 0.05) is 19.0 Å². The highest BCUT2D eigenvalue weighted by Gasteiger charge is 2.26. The summed E-state index contributed by atoms with van der Waals surface area (Å²) in [7, 11) is 0. The number of benzene rings is 1. The van der Waals surface area contributed by atoms with E-state index in [-0.39, 0.29) is 18.1 Å². The molecule has 1 heterocycles. The number of halogens is 6. The Labute approximate surface area is 137 Å². The number of imidazole rings is 1. The highest BCUT2D eigenvalue weighted by molar-refractivity contribution is 14.1. The number of unbranched alkanes of at least 4 members (excludes halogenated alkanes) is 1. The summed E-state index contributed by atoms with van der Waals surface area (Å²) in [5, 5.41) is 0. The molecule has 2 aromatic rings. The average Bonchev–Trinajstić information content (AvgIpc) is 2.71. The van der Waals surface area contributed by atoms with Crippen LogP contribution >= 0.6 is 34.2 Å². The zero-order valence-corrected chi connectivity index (χ0v) is 13.8. The molecule has 2 nitrogen and oxygen atoms in total. The van der Waals surface area contributed by atoms with E-state index in [9.17, 15) is 17.6 Å². The van der Waals surface area contributed by atoms with E-state index in [0.717, 1.165) is 0 Å². The predicted octanol–water partition coefficient (Wildman–Crippen LogP) is 5.25. The van der Waals surface area contributed by atoms with Gasteiger partial charge in [0.05, 0.1) is 20.5 Å². The highest BCUT2D eigenvalue weighted by Crippen LogP contribution is 2.25. The third-order valence-corrected chi connectivity index (χ3v) is 4.15. The van der Waals surface area contributed by atoms with Crippen molar-refractivity contribution in [2.24, 2.45) is 0 Å². The Hall–Kier alpha value is -0.570. The fourth-order valence-corrected chi connectivity index (χ4v) is 2.77. The number of aryl methyl sites for hydroxylation is 1. The van der Waals surface area contributed by atoms with Gasteiger partial charge in [0.2, 0.25) is 0 Å². The van der Waals surface area contributed by atoms with Gasteiger partial charge in [-0.05, 0) is 41.5 Å². The van der Waals surface area contributed by atoms with Crippen LogP contribution in [0.3, 0.4) is 0 Å². The average molecular weight is 435 g/mol. The third kappa shape index (κ3) is 4.21. The van der Waals surface area contributed by atoms with Gasteiger partial charge < -0.3 is 4.57 Å². The summed E-state index contributed by atoms with van der Waals surface area (Å²) in [5.41, 5.74) is 1.17. The molecule has 0 saturated heterocycles. The molecule has 0 fully saturated rings. The van der Waals surface area contributed by atoms with Gasteiger partial charge in [0.25, 0.3) is 0 Å². The Balaban J connectivity index is 2.19. The maximum absolute atomic E-state index is 13.7. The first kappa shape index (κ1) is 16.8. The lowest BCUT2D eigenvalue weighted by molar-refractivity contribution is -0.135. The van der Waals surface area contributed by atoms with Crippen molar-refractivity contribution in [1.29, 1.82) is 0 Å². The Bertz CT molecular complexity index is 639. The smallest absolute Gasteiger partial charge is 0.327 e. The van der Waals surface area contributed by atoms with Crippen LogP contribution in [-0.4, -0.2) is 15.7 Å². The molecule has 0 N–H and O–H groups in total. The van der Waals surface area contributed by atoms with Crippen LogP contribution < -0.4 is 0 Å². The minimum atomic E-state index is -4.14. The van der Waals surface area contributed by atoms with Gasteiger partial charge in [0.1, 0.15) is 11.6 Å². The molecule has 116 valence electrons. The molecule has 0 aliphatic carbocycles. The predicted molar refractivity (Wildman–Crippen MR) is 81.9 cm³/mol. The van der Waals surface area contributed by atoms with Crippen molar-refractivity contribution >= 4 is 45.2 Å². The minimum Gasteiger partial charge on any atom is -0.327 e. The van der Waals surface area contributed by atoms with Crippen molar-refractivity contribution in [1.82, 2.24) is 9.55 Å². The number of rotatable bonds is 5. The molecule has 0 bridgehead atoms. The van der Waals surface area contributed by atoms with Crippen molar-refractivity contribution in [2.75, 3.05) is 0 Å². The topological polar surface area (TPSA) is 17.8 Å². The summed E-state index contributed by atoms with van der Waals surface area (Å²) in [6.07, 6.45) is -4.60. The molecule has 0 saturated carbocycles. The van der Waals surface area contributed by atoms with Gasteiger partial charge in [-0.15, -0.1) is 11.6 Å². The van der Waals surface area contributed by atoms with Crippen molar-refractivity contribution < 1.29 is 17.6 Å². The van der Waals surface area contributed by atoms with E-state index in [0.29, 0.717) is 33.4 Å². The van der Waals surface area contributed by atoms with Crippen LogP contribution in [0.4, 0.5) is 17.6 Å². The molecular weight excluding hydrogens is 423 g/mol. The lowest BCUT2D eigenvalue weighted by Gasteiger charge is -2.09. The molecule has 0 aliphatic heterocycles. The van der Waals surface area contributed by atoms with Gasteiger partial charge in [-0.2, -0.15) is 13.2 Å². The standard InChI is InChI=1S/C13H12ClF4IN2/c14-7-12-20-10-6-9(19)8(15)5-11(10)21(12)4-2-1-3-13(16,17)18/h5-6H,1-4,7H2. The van der Waals surface area contributed by atoms with Crippen molar-refractivity contribution in [3.8, 4) is 0 Å². The van der Waals surface area contributed by atoms with Crippen molar-refractivity contribution in [3.05, 3.63) is 27.3 Å². The van der Waals surface area contributed by atoms with Gasteiger partial charge in [-0.3, -0.25) is 0 Å². The second kappa shape index (κ2) is 6.68. The Morgan fingerprint density at radius 2 is 1.95 bits per heavy atom. The van der Waals surface area contributed by atoms with E-state index in [1.165, 1.54) is 6.07 Å². The van der Waals surface area contributed by atoms with Gasteiger partial charge >= 0.3 is 6.18 Å². The molecule has 0 amide bonds. The van der Waals surface area contributed by atoms with Crippen molar-refractivity contribution in [2.45, 2.75) is 37.9 Å². The summed E-state index contributed by atoms with van der Waals surface area (Å²) in [6.45, 7) is 0.342. The molecule has 0 atom stereocenters. The van der Waals surface area contributed by atoms with E-state index in [1.807, 2.05) is 22.6 Å². The second-order valence-electron chi connectivity index (χ2n) is 4.64. The minimum absolute atomic E-state index is 0.0255. The van der Waals surface area contributed by atoms with E-state index in [2.05, 4.69) is 4.98 Å². The van der Waals surface area contributed by atoms with Crippen LogP contribution in [0.15, 0.2) is 12.1 Å². The second-order valence-corrected chi connectivity index (χ2v) is 6.07. The summed E-state index contributed by atoms with van der Waals surface area (Å²) >= 11 is 7.68. The summed E-state index contributed by atoms with van der Waals surface area (Å²) < 4.78 is 52.2. The highest BCUT2D eigenvalue weighted by atomic mass is 127. The van der Waals surface area contributed by atoms with Crippen LogP contribution in [0.5, 0.6) is 0 Å². The number of alkyl halides is 4. The summed E-state index contributed by atoms with van der Waals surface area (Å²) in [6, 6.07) is 2.96. The van der Waals surface area contributed by atoms with Gasteiger partial charge in [0.15, 0.2) is 0 Å². The maximum atomic E-state index is 13.7. The lowest BCUT2D eigenvalue weighted by Crippen LogP contribution is -2.08. The molecule has 0 aliphatic rings. The van der Waals surface area contributed by atoms with Gasteiger partial charge in [-0.1, -0.05) is 0 Å².